The molecule has 0 saturated carbocycles. The van der Waals surface area contributed by atoms with Crippen molar-refractivity contribution in [3.63, 3.8) is 0 Å². The van der Waals surface area contributed by atoms with Crippen molar-refractivity contribution < 1.29 is 27.2 Å². The summed E-state index contributed by atoms with van der Waals surface area (Å²) in [5, 5.41) is 5.37. The number of halogens is 3. The highest BCUT2D eigenvalue weighted by molar-refractivity contribution is 6.04. The van der Waals surface area contributed by atoms with E-state index < -0.39 is 17.6 Å². The number of hydrogen-bond acceptors (Lipinski definition) is 4. The molecule has 0 saturated heterocycles. The molecule has 0 aliphatic carbocycles. The summed E-state index contributed by atoms with van der Waals surface area (Å²) in [6.45, 7) is 3.30. The molecule has 2 amide bonds. The monoisotopic (exact) mass is 417 g/mol. The van der Waals surface area contributed by atoms with Gasteiger partial charge in [0.1, 0.15) is 6.26 Å². The Balaban J connectivity index is 1.79. The fourth-order valence-electron chi connectivity index (χ4n) is 2.78. The Labute approximate surface area is 170 Å². The maximum Gasteiger partial charge on any atom is 0.416 e. The van der Waals surface area contributed by atoms with Gasteiger partial charge in [-0.05, 0) is 48.4 Å². The Hall–Kier alpha value is -3.62. The largest absolute Gasteiger partial charge is 0.444 e. The third kappa shape index (κ3) is 4.86. The molecule has 0 aliphatic heterocycles. The van der Waals surface area contributed by atoms with Crippen LogP contribution in [0.15, 0.2) is 53.1 Å². The lowest BCUT2D eigenvalue weighted by atomic mass is 10.1. The molecule has 0 unspecified atom stereocenters. The van der Waals surface area contributed by atoms with Crippen molar-refractivity contribution in [2.45, 2.75) is 26.4 Å². The molecule has 3 aromatic rings. The van der Waals surface area contributed by atoms with E-state index in [0.717, 1.165) is 24.0 Å². The lowest BCUT2D eigenvalue weighted by molar-refractivity contribution is -0.137. The van der Waals surface area contributed by atoms with Gasteiger partial charge >= 0.3 is 6.18 Å². The minimum atomic E-state index is -4.44. The van der Waals surface area contributed by atoms with Crippen molar-refractivity contribution in [1.82, 2.24) is 4.98 Å². The molecular formula is C21H18F3N3O3. The van der Waals surface area contributed by atoms with Crippen LogP contribution in [0, 0.1) is 0 Å². The number of benzene rings is 2. The third-order valence-electron chi connectivity index (χ3n) is 4.26. The van der Waals surface area contributed by atoms with E-state index in [0.29, 0.717) is 23.4 Å². The standard InChI is InChI=1S/C21H18F3N3O3/c1-3-13-6-9-16(25-12(2)28)10-17(13)26-19(29)18-11-30-20(27-18)14-4-7-15(8-5-14)21(22,23)24/h4-11H,3H2,1-2H3,(H,25,28)(H,26,29). The topological polar surface area (TPSA) is 84.2 Å². The van der Waals surface area contributed by atoms with Crippen LogP contribution in [0.2, 0.25) is 0 Å². The third-order valence-corrected chi connectivity index (χ3v) is 4.26. The van der Waals surface area contributed by atoms with E-state index in [1.807, 2.05) is 6.92 Å². The second-order valence-electron chi connectivity index (χ2n) is 6.47. The molecule has 0 bridgehead atoms. The van der Waals surface area contributed by atoms with E-state index in [-0.39, 0.29) is 17.5 Å². The number of aryl methyl sites for hydroxylation is 1. The summed E-state index contributed by atoms with van der Waals surface area (Å²) >= 11 is 0. The summed E-state index contributed by atoms with van der Waals surface area (Å²) in [5.74, 6) is -0.766. The van der Waals surface area contributed by atoms with Gasteiger partial charge in [-0.25, -0.2) is 4.98 Å². The zero-order valence-electron chi connectivity index (χ0n) is 16.1. The Morgan fingerprint density at radius 3 is 2.37 bits per heavy atom. The maximum atomic E-state index is 12.7. The summed E-state index contributed by atoms with van der Waals surface area (Å²) in [5.41, 5.74) is 1.38. The van der Waals surface area contributed by atoms with Gasteiger partial charge in [-0.1, -0.05) is 13.0 Å². The molecule has 0 fully saturated rings. The molecule has 0 atom stereocenters. The average Bonchev–Trinajstić information content (AvgIpc) is 3.17. The Bertz CT molecular complexity index is 1070. The van der Waals surface area contributed by atoms with E-state index in [9.17, 15) is 22.8 Å². The molecule has 0 aliphatic rings. The van der Waals surface area contributed by atoms with Crippen molar-refractivity contribution in [3.8, 4) is 11.5 Å². The van der Waals surface area contributed by atoms with Gasteiger partial charge in [0.25, 0.3) is 5.91 Å². The van der Waals surface area contributed by atoms with Crippen LogP contribution in [-0.2, 0) is 17.4 Å². The van der Waals surface area contributed by atoms with E-state index in [2.05, 4.69) is 15.6 Å². The normalized spacial score (nSPS) is 11.2. The minimum Gasteiger partial charge on any atom is -0.444 e. The first-order valence-electron chi connectivity index (χ1n) is 9.02. The molecule has 2 aromatic carbocycles. The number of hydrogen-bond donors (Lipinski definition) is 2. The summed E-state index contributed by atoms with van der Waals surface area (Å²) in [4.78, 5) is 27.9. The van der Waals surface area contributed by atoms with Crippen molar-refractivity contribution in [2.75, 3.05) is 10.6 Å². The van der Waals surface area contributed by atoms with Crippen LogP contribution in [0.4, 0.5) is 24.5 Å². The second kappa shape index (κ2) is 8.40. The molecule has 1 heterocycles. The molecule has 3 rings (SSSR count). The molecule has 2 N–H and O–H groups in total. The second-order valence-corrected chi connectivity index (χ2v) is 6.47. The fourth-order valence-corrected chi connectivity index (χ4v) is 2.78. The molecule has 9 heteroatoms. The van der Waals surface area contributed by atoms with Gasteiger partial charge in [-0.2, -0.15) is 13.2 Å². The molecule has 6 nitrogen and oxygen atoms in total. The average molecular weight is 417 g/mol. The van der Waals surface area contributed by atoms with Crippen LogP contribution in [0.5, 0.6) is 0 Å². The van der Waals surface area contributed by atoms with Gasteiger partial charge in [0.15, 0.2) is 5.69 Å². The smallest absolute Gasteiger partial charge is 0.416 e. The first-order valence-corrected chi connectivity index (χ1v) is 9.02. The molecule has 0 radical (unpaired) electrons. The SMILES string of the molecule is CCc1ccc(NC(C)=O)cc1NC(=O)c1coc(-c2ccc(C(F)(F)F)cc2)n1. The van der Waals surface area contributed by atoms with Crippen LogP contribution in [0.25, 0.3) is 11.5 Å². The fraction of sp³-hybridized carbons (Fsp3) is 0.190. The van der Waals surface area contributed by atoms with Gasteiger partial charge < -0.3 is 15.1 Å². The van der Waals surface area contributed by atoms with Crippen LogP contribution in [0.3, 0.4) is 0 Å². The Morgan fingerprint density at radius 1 is 1.07 bits per heavy atom. The predicted molar refractivity (Wildman–Crippen MR) is 105 cm³/mol. The molecule has 1 aromatic heterocycles. The highest BCUT2D eigenvalue weighted by Crippen LogP contribution is 2.31. The molecular weight excluding hydrogens is 399 g/mol. The van der Waals surface area contributed by atoms with E-state index >= 15 is 0 Å². The molecule has 0 spiro atoms. The van der Waals surface area contributed by atoms with E-state index in [1.165, 1.54) is 19.1 Å². The molecule has 30 heavy (non-hydrogen) atoms. The van der Waals surface area contributed by atoms with Gasteiger partial charge in [0, 0.05) is 23.9 Å². The predicted octanol–water partition coefficient (Wildman–Crippen LogP) is 5.13. The number of carbonyl (C=O) groups is 2. The Kier molecular flexibility index (Phi) is 5.91. The number of rotatable bonds is 5. The van der Waals surface area contributed by atoms with Gasteiger partial charge in [0.05, 0.1) is 5.56 Å². The number of nitrogens with zero attached hydrogens (tertiary/aromatic N) is 1. The summed E-state index contributed by atoms with van der Waals surface area (Å²) in [6, 6.07) is 9.44. The van der Waals surface area contributed by atoms with Crippen molar-refractivity contribution in [3.05, 3.63) is 65.5 Å². The minimum absolute atomic E-state index is 0.0246. The highest BCUT2D eigenvalue weighted by atomic mass is 19.4. The maximum absolute atomic E-state index is 12.7. The van der Waals surface area contributed by atoms with E-state index in [4.69, 9.17) is 4.42 Å². The van der Waals surface area contributed by atoms with Gasteiger partial charge in [-0.15, -0.1) is 0 Å². The zero-order chi connectivity index (χ0) is 21.9. The van der Waals surface area contributed by atoms with Crippen LogP contribution in [0.1, 0.15) is 35.5 Å². The first kappa shape index (κ1) is 21.1. The quantitative estimate of drug-likeness (QED) is 0.603. The number of alkyl halides is 3. The first-order chi connectivity index (χ1) is 14.2. The Morgan fingerprint density at radius 2 is 1.77 bits per heavy atom. The number of anilines is 2. The van der Waals surface area contributed by atoms with Crippen LogP contribution < -0.4 is 10.6 Å². The highest BCUT2D eigenvalue weighted by Gasteiger charge is 2.30. The number of oxazole rings is 1. The number of aromatic nitrogens is 1. The summed E-state index contributed by atoms with van der Waals surface area (Å²) < 4.78 is 43.3. The number of carbonyl (C=O) groups excluding carboxylic acids is 2. The lowest BCUT2D eigenvalue weighted by Gasteiger charge is -2.11. The van der Waals surface area contributed by atoms with Gasteiger partial charge in [-0.3, -0.25) is 9.59 Å². The van der Waals surface area contributed by atoms with Crippen molar-refractivity contribution >= 4 is 23.2 Å². The van der Waals surface area contributed by atoms with Gasteiger partial charge in [0.2, 0.25) is 11.8 Å². The van der Waals surface area contributed by atoms with Crippen molar-refractivity contribution in [2.24, 2.45) is 0 Å². The summed E-state index contributed by atoms with van der Waals surface area (Å²) in [7, 11) is 0. The van der Waals surface area contributed by atoms with Crippen molar-refractivity contribution in [1.29, 1.82) is 0 Å². The van der Waals surface area contributed by atoms with E-state index in [1.54, 1.807) is 18.2 Å². The zero-order valence-corrected chi connectivity index (χ0v) is 16.1. The van der Waals surface area contributed by atoms with Crippen LogP contribution >= 0.6 is 0 Å². The van der Waals surface area contributed by atoms with Crippen LogP contribution in [-0.4, -0.2) is 16.8 Å². The number of amides is 2. The lowest BCUT2D eigenvalue weighted by Crippen LogP contribution is -2.14. The number of nitrogens with one attached hydrogen (secondary N) is 2. The summed E-state index contributed by atoms with van der Waals surface area (Å²) in [6.07, 6.45) is -2.67. The molecule has 156 valence electrons.